The van der Waals surface area contributed by atoms with Gasteiger partial charge in [-0.15, -0.1) is 0 Å². The molecular weight excluding hydrogens is 587 g/mol. The molecule has 0 saturated carbocycles. The van der Waals surface area contributed by atoms with E-state index in [1.54, 1.807) is 66.4 Å². The van der Waals surface area contributed by atoms with Crippen molar-refractivity contribution in [3.8, 4) is 17.2 Å². The van der Waals surface area contributed by atoms with Crippen LogP contribution in [0.25, 0.3) is 0 Å². The number of benzene rings is 3. The van der Waals surface area contributed by atoms with Crippen molar-refractivity contribution in [2.45, 2.75) is 34.2 Å². The number of halogens is 2. The van der Waals surface area contributed by atoms with Gasteiger partial charge in [-0.2, -0.15) is 0 Å². The zero-order valence-corrected chi connectivity index (χ0v) is 25.6. The monoisotopic (exact) mass is 618 g/mol. The highest BCUT2D eigenvalue weighted by atomic mass is 35.5. The van der Waals surface area contributed by atoms with Crippen molar-refractivity contribution in [3.05, 3.63) is 81.3 Å². The molecule has 0 fully saturated rings. The topological polar surface area (TPSA) is 86.3 Å². The quantitative estimate of drug-likeness (QED) is 0.170. The van der Waals surface area contributed by atoms with Gasteiger partial charge in [-0.05, 0) is 94.0 Å². The molecule has 0 atom stereocenters. The van der Waals surface area contributed by atoms with Crippen LogP contribution >= 0.6 is 35.4 Å². The first-order valence-electron chi connectivity index (χ1n) is 13.1. The number of esters is 1. The summed E-state index contributed by atoms with van der Waals surface area (Å²) in [7, 11) is 0. The van der Waals surface area contributed by atoms with Crippen molar-refractivity contribution < 1.29 is 28.5 Å². The number of nitrogens with zero attached hydrogens (tertiary/aromatic N) is 1. The summed E-state index contributed by atoms with van der Waals surface area (Å²) in [4.78, 5) is 27.3. The third kappa shape index (κ3) is 8.48. The number of rotatable bonds is 12. The molecule has 41 heavy (non-hydrogen) atoms. The van der Waals surface area contributed by atoms with E-state index in [-0.39, 0.29) is 23.8 Å². The van der Waals surface area contributed by atoms with Crippen molar-refractivity contribution in [3.63, 3.8) is 0 Å². The molecule has 0 bridgehead atoms. The Labute approximate surface area is 255 Å². The molecule has 0 aliphatic carbocycles. The van der Waals surface area contributed by atoms with E-state index in [0.717, 1.165) is 5.56 Å². The van der Waals surface area contributed by atoms with Crippen molar-refractivity contribution in [2.24, 2.45) is 0 Å². The second kappa shape index (κ2) is 15.5. The molecule has 0 aliphatic rings. The highest BCUT2D eigenvalue weighted by molar-refractivity contribution is 7.80. The molecule has 1 N–H and O–H groups in total. The fraction of sp³-hybridized carbons (Fsp3) is 0.300. The van der Waals surface area contributed by atoms with Crippen LogP contribution in [0.5, 0.6) is 17.2 Å². The minimum atomic E-state index is -0.477. The third-order valence-corrected chi connectivity index (χ3v) is 6.58. The van der Waals surface area contributed by atoms with E-state index in [1.807, 2.05) is 20.8 Å². The van der Waals surface area contributed by atoms with Crippen molar-refractivity contribution >= 4 is 58.1 Å². The van der Waals surface area contributed by atoms with Gasteiger partial charge in [-0.25, -0.2) is 4.79 Å². The van der Waals surface area contributed by atoms with Crippen LogP contribution in [0, 0.1) is 0 Å². The summed E-state index contributed by atoms with van der Waals surface area (Å²) in [5.41, 5.74) is 1.99. The Bertz CT molecular complexity index is 1360. The average molecular weight is 620 g/mol. The molecule has 0 unspecified atom stereocenters. The van der Waals surface area contributed by atoms with E-state index in [4.69, 9.17) is 54.4 Å². The van der Waals surface area contributed by atoms with Crippen LogP contribution in [0.2, 0.25) is 10.0 Å². The van der Waals surface area contributed by atoms with Crippen LogP contribution in [0.4, 0.5) is 5.69 Å². The Hall–Kier alpha value is -3.53. The molecule has 0 radical (unpaired) electrons. The van der Waals surface area contributed by atoms with Gasteiger partial charge in [0.2, 0.25) is 5.75 Å². The predicted molar refractivity (Wildman–Crippen MR) is 165 cm³/mol. The van der Waals surface area contributed by atoms with Gasteiger partial charge in [-0.1, -0.05) is 29.3 Å². The van der Waals surface area contributed by atoms with Gasteiger partial charge in [0.15, 0.2) is 16.6 Å². The molecular formula is C30H32Cl2N2O6S. The van der Waals surface area contributed by atoms with Crippen molar-refractivity contribution in [1.82, 2.24) is 5.32 Å². The van der Waals surface area contributed by atoms with E-state index < -0.39 is 11.9 Å². The summed E-state index contributed by atoms with van der Waals surface area (Å²) < 4.78 is 22.3. The Kier molecular flexibility index (Phi) is 12.1. The lowest BCUT2D eigenvalue weighted by molar-refractivity contribution is 0.0526. The van der Waals surface area contributed by atoms with Gasteiger partial charge in [0.05, 0.1) is 38.5 Å². The van der Waals surface area contributed by atoms with Crippen LogP contribution < -0.4 is 24.4 Å². The number of anilines is 1. The normalized spacial score (nSPS) is 10.5. The predicted octanol–water partition coefficient (Wildman–Crippen LogP) is 7.09. The number of hydrogen-bond donors (Lipinski definition) is 1. The maximum absolute atomic E-state index is 13.5. The molecule has 11 heteroatoms. The number of nitrogens with one attached hydrogen (secondary N) is 1. The second-order valence-corrected chi connectivity index (χ2v) is 9.68. The number of carbonyl (C=O) groups excluding carboxylic acids is 2. The molecule has 3 aromatic rings. The maximum Gasteiger partial charge on any atom is 0.338 e. The SMILES string of the molecule is CCOC(=O)c1ccc(N(Cc2ccc(Cl)cc2Cl)C(=S)NC(=O)c2cc(OCC)c(OCC)c(OCC)c2)cc1. The second-order valence-electron chi connectivity index (χ2n) is 8.45. The van der Waals surface area contributed by atoms with Gasteiger partial charge in [0, 0.05) is 21.3 Å². The van der Waals surface area contributed by atoms with Crippen molar-refractivity contribution in [1.29, 1.82) is 0 Å². The van der Waals surface area contributed by atoms with E-state index >= 15 is 0 Å². The molecule has 0 aromatic heterocycles. The molecule has 0 saturated heterocycles. The Morgan fingerprint density at radius 2 is 1.41 bits per heavy atom. The fourth-order valence-electron chi connectivity index (χ4n) is 3.85. The number of thiocarbonyl (C=S) groups is 1. The van der Waals surface area contributed by atoms with Crippen LogP contribution in [0.1, 0.15) is 54.0 Å². The first-order valence-corrected chi connectivity index (χ1v) is 14.3. The summed E-state index contributed by atoms with van der Waals surface area (Å²) in [6, 6.07) is 15.0. The van der Waals surface area contributed by atoms with Crippen LogP contribution in [0.15, 0.2) is 54.6 Å². The molecule has 8 nitrogen and oxygen atoms in total. The van der Waals surface area contributed by atoms with Gasteiger partial charge in [0.25, 0.3) is 5.91 Å². The Balaban J connectivity index is 1.96. The summed E-state index contributed by atoms with van der Waals surface area (Å²) in [6.07, 6.45) is 0. The summed E-state index contributed by atoms with van der Waals surface area (Å²) >= 11 is 18.3. The number of amides is 1. The lowest BCUT2D eigenvalue weighted by atomic mass is 10.1. The van der Waals surface area contributed by atoms with Crippen LogP contribution in [-0.4, -0.2) is 43.4 Å². The Morgan fingerprint density at radius 3 is 1.95 bits per heavy atom. The molecule has 3 aromatic carbocycles. The Morgan fingerprint density at radius 1 is 0.805 bits per heavy atom. The third-order valence-electron chi connectivity index (χ3n) is 5.67. The van der Waals surface area contributed by atoms with E-state index in [2.05, 4.69) is 5.32 Å². The van der Waals surface area contributed by atoms with Gasteiger partial charge in [0.1, 0.15) is 0 Å². The van der Waals surface area contributed by atoms with Crippen molar-refractivity contribution in [2.75, 3.05) is 31.3 Å². The lowest BCUT2D eigenvalue weighted by Crippen LogP contribution is -2.42. The smallest absolute Gasteiger partial charge is 0.338 e. The van der Waals surface area contributed by atoms with Crippen LogP contribution in [0.3, 0.4) is 0 Å². The highest BCUT2D eigenvalue weighted by Gasteiger charge is 2.22. The van der Waals surface area contributed by atoms with Gasteiger partial charge >= 0.3 is 5.97 Å². The standard InChI is InChI=1S/C30H32Cl2N2O6S/c1-5-37-25-15-21(16-26(38-6-2)27(25)39-7-3)28(35)33-30(41)34(18-20-9-12-22(31)17-24(20)32)23-13-10-19(11-14-23)29(36)40-8-4/h9-17H,5-8,18H2,1-4H3,(H,33,35,41). The highest BCUT2D eigenvalue weighted by Crippen LogP contribution is 2.39. The zero-order valence-electron chi connectivity index (χ0n) is 23.3. The minimum absolute atomic E-state index is 0.106. The molecule has 0 aliphatic heterocycles. The van der Waals surface area contributed by atoms with E-state index in [0.29, 0.717) is 58.4 Å². The summed E-state index contributed by atoms with van der Waals surface area (Å²) in [6.45, 7) is 8.88. The molecule has 1 amide bonds. The summed E-state index contributed by atoms with van der Waals surface area (Å²) in [5, 5.41) is 3.84. The van der Waals surface area contributed by atoms with E-state index in [9.17, 15) is 9.59 Å². The molecule has 0 heterocycles. The molecule has 3 rings (SSSR count). The fourth-order valence-corrected chi connectivity index (χ4v) is 4.58. The lowest BCUT2D eigenvalue weighted by Gasteiger charge is -2.26. The zero-order chi connectivity index (χ0) is 29.9. The first-order chi connectivity index (χ1) is 19.7. The number of carbonyl (C=O) groups is 2. The average Bonchev–Trinajstić information content (AvgIpc) is 2.94. The van der Waals surface area contributed by atoms with E-state index in [1.165, 1.54) is 0 Å². The van der Waals surface area contributed by atoms with Crippen LogP contribution in [-0.2, 0) is 11.3 Å². The molecule has 218 valence electrons. The molecule has 0 spiro atoms. The summed E-state index contributed by atoms with van der Waals surface area (Å²) in [5.74, 6) is 0.283. The largest absolute Gasteiger partial charge is 0.490 e. The van der Waals surface area contributed by atoms with Gasteiger partial charge in [-0.3, -0.25) is 10.1 Å². The minimum Gasteiger partial charge on any atom is -0.490 e. The van der Waals surface area contributed by atoms with Gasteiger partial charge < -0.3 is 23.8 Å². The first kappa shape index (κ1) is 32.0. The number of ether oxygens (including phenoxy) is 4. The number of hydrogen-bond acceptors (Lipinski definition) is 7. The maximum atomic E-state index is 13.5.